The lowest BCUT2D eigenvalue weighted by molar-refractivity contribution is -0.139. The van der Waals surface area contributed by atoms with Gasteiger partial charge in [0.2, 0.25) is 0 Å². The molecule has 8 heteroatoms. The first-order valence-electron chi connectivity index (χ1n) is 15.4. The number of carbonyl (C=O) groups is 2. The van der Waals surface area contributed by atoms with Crippen LogP contribution in [-0.2, 0) is 38.6 Å². The number of nitrogens with zero attached hydrogens (tertiary/aromatic N) is 1. The molecule has 1 amide bonds. The summed E-state index contributed by atoms with van der Waals surface area (Å²) in [5, 5.41) is 2.86. The number of hydrogen-bond acceptors (Lipinski definition) is 7. The maximum Gasteiger partial charge on any atom is 0.407 e. The van der Waals surface area contributed by atoms with Crippen molar-refractivity contribution in [3.63, 3.8) is 0 Å². The Labute approximate surface area is 260 Å². The topological polar surface area (TPSA) is 86.3 Å². The van der Waals surface area contributed by atoms with Gasteiger partial charge in [-0.3, -0.25) is 4.79 Å². The van der Waals surface area contributed by atoms with Crippen LogP contribution < -0.4 is 15.0 Å². The number of alkyl carbamates (subject to hydrolysis) is 1. The average Bonchev–Trinajstić information content (AvgIpc) is 3.46. The number of benzene rings is 3. The Morgan fingerprint density at radius 1 is 0.932 bits per heavy atom. The van der Waals surface area contributed by atoms with Crippen molar-refractivity contribution in [2.24, 2.45) is 5.41 Å². The molecule has 1 spiro atoms. The number of carbonyl (C=O) groups excluding carboxylic acids is 2. The summed E-state index contributed by atoms with van der Waals surface area (Å²) in [6, 6.07) is 22.4. The third kappa shape index (κ3) is 8.32. The molecule has 0 aliphatic carbocycles. The fraction of sp³-hybridized carbons (Fsp3) is 0.444. The van der Waals surface area contributed by atoms with E-state index in [1.807, 2.05) is 57.2 Å². The molecular weight excluding hydrogens is 556 g/mol. The molecule has 2 aliphatic rings. The molecule has 44 heavy (non-hydrogen) atoms. The van der Waals surface area contributed by atoms with E-state index in [4.69, 9.17) is 18.9 Å². The molecule has 0 atom stereocenters. The minimum atomic E-state index is -0.552. The summed E-state index contributed by atoms with van der Waals surface area (Å²) in [4.78, 5) is 26.7. The first-order chi connectivity index (χ1) is 21.1. The van der Waals surface area contributed by atoms with Gasteiger partial charge in [-0.1, -0.05) is 36.4 Å². The van der Waals surface area contributed by atoms with Crippen molar-refractivity contribution in [3.8, 4) is 16.9 Å². The van der Waals surface area contributed by atoms with Crippen LogP contribution in [0.3, 0.4) is 0 Å². The van der Waals surface area contributed by atoms with E-state index in [0.29, 0.717) is 24.3 Å². The highest BCUT2D eigenvalue weighted by Crippen LogP contribution is 2.41. The molecular formula is C36H44N2O6. The van der Waals surface area contributed by atoms with Crippen molar-refractivity contribution in [2.75, 3.05) is 38.3 Å². The van der Waals surface area contributed by atoms with Gasteiger partial charge in [-0.15, -0.1) is 0 Å². The Morgan fingerprint density at radius 3 is 2.43 bits per heavy atom. The number of esters is 1. The van der Waals surface area contributed by atoms with Crippen LogP contribution in [0.25, 0.3) is 11.1 Å². The molecule has 1 N–H and O–H groups in total. The van der Waals surface area contributed by atoms with Crippen LogP contribution in [-0.4, -0.2) is 51.1 Å². The average molecular weight is 601 g/mol. The largest absolute Gasteiger partial charge is 0.489 e. The second kappa shape index (κ2) is 13.7. The van der Waals surface area contributed by atoms with Crippen molar-refractivity contribution in [1.29, 1.82) is 0 Å². The number of amides is 1. The molecule has 0 bridgehead atoms. The molecule has 2 saturated heterocycles. The van der Waals surface area contributed by atoms with Crippen molar-refractivity contribution >= 4 is 17.7 Å². The van der Waals surface area contributed by atoms with Gasteiger partial charge >= 0.3 is 12.1 Å². The highest BCUT2D eigenvalue weighted by molar-refractivity contribution is 5.73. The molecule has 2 fully saturated rings. The van der Waals surface area contributed by atoms with Crippen LogP contribution in [0.1, 0.15) is 56.7 Å². The van der Waals surface area contributed by atoms with E-state index in [1.54, 1.807) is 0 Å². The van der Waals surface area contributed by atoms with Crippen molar-refractivity contribution < 1.29 is 28.5 Å². The molecule has 0 unspecified atom stereocenters. The number of piperidine rings is 1. The first kappa shape index (κ1) is 31.4. The highest BCUT2D eigenvalue weighted by atomic mass is 16.6. The fourth-order valence-electron chi connectivity index (χ4n) is 5.92. The summed E-state index contributed by atoms with van der Waals surface area (Å²) in [5.41, 5.74) is 5.87. The Balaban J connectivity index is 1.38. The van der Waals surface area contributed by atoms with Crippen LogP contribution in [0, 0.1) is 5.41 Å². The number of rotatable bonds is 9. The van der Waals surface area contributed by atoms with E-state index in [-0.39, 0.29) is 12.4 Å². The van der Waals surface area contributed by atoms with Crippen molar-refractivity contribution in [3.05, 3.63) is 83.4 Å². The van der Waals surface area contributed by atoms with E-state index in [0.717, 1.165) is 79.1 Å². The van der Waals surface area contributed by atoms with E-state index in [9.17, 15) is 9.59 Å². The van der Waals surface area contributed by atoms with Gasteiger partial charge in [0.1, 0.15) is 18.0 Å². The van der Waals surface area contributed by atoms with Crippen molar-refractivity contribution in [1.82, 2.24) is 5.32 Å². The second-order valence-electron chi connectivity index (χ2n) is 12.9. The number of hydrogen-bond donors (Lipinski definition) is 1. The molecule has 2 heterocycles. The summed E-state index contributed by atoms with van der Waals surface area (Å²) in [6.07, 6.45) is 3.11. The third-order valence-corrected chi connectivity index (χ3v) is 8.38. The van der Waals surface area contributed by atoms with Gasteiger partial charge in [0.25, 0.3) is 0 Å². The predicted molar refractivity (Wildman–Crippen MR) is 171 cm³/mol. The third-order valence-electron chi connectivity index (χ3n) is 8.38. The zero-order valence-corrected chi connectivity index (χ0v) is 26.3. The number of anilines is 1. The van der Waals surface area contributed by atoms with Gasteiger partial charge in [0, 0.05) is 37.5 Å². The van der Waals surface area contributed by atoms with Crippen LogP contribution >= 0.6 is 0 Å². The quantitative estimate of drug-likeness (QED) is 0.274. The fourth-order valence-corrected chi connectivity index (χ4v) is 5.92. The first-order valence-corrected chi connectivity index (χ1v) is 15.4. The second-order valence-corrected chi connectivity index (χ2v) is 12.9. The van der Waals surface area contributed by atoms with E-state index >= 15 is 0 Å². The number of para-hydroxylation sites is 1. The van der Waals surface area contributed by atoms with Gasteiger partial charge < -0.3 is 29.2 Å². The lowest BCUT2D eigenvalue weighted by atomic mass is 9.78. The zero-order valence-electron chi connectivity index (χ0n) is 26.3. The summed E-state index contributed by atoms with van der Waals surface area (Å²) in [6.45, 7) is 9.97. The minimum Gasteiger partial charge on any atom is -0.489 e. The maximum absolute atomic E-state index is 12.2. The van der Waals surface area contributed by atoms with Gasteiger partial charge in [0.15, 0.2) is 0 Å². The molecule has 0 saturated carbocycles. The van der Waals surface area contributed by atoms with Crippen LogP contribution in [0.5, 0.6) is 5.75 Å². The smallest absolute Gasteiger partial charge is 0.407 e. The summed E-state index contributed by atoms with van der Waals surface area (Å²) in [7, 11) is 1.39. The van der Waals surface area contributed by atoms with E-state index in [2.05, 4.69) is 40.5 Å². The molecule has 3 aromatic carbocycles. The number of methoxy groups -OCH3 is 1. The molecule has 8 nitrogen and oxygen atoms in total. The lowest BCUT2D eigenvalue weighted by Crippen LogP contribution is -2.40. The number of ether oxygens (including phenoxy) is 4. The molecule has 5 rings (SSSR count). The van der Waals surface area contributed by atoms with Gasteiger partial charge in [0.05, 0.1) is 20.1 Å². The Bertz CT molecular complexity index is 1450. The summed E-state index contributed by atoms with van der Waals surface area (Å²) < 4.78 is 22.3. The normalized spacial score (nSPS) is 16.0. The van der Waals surface area contributed by atoms with Gasteiger partial charge in [-0.2, -0.15) is 0 Å². The summed E-state index contributed by atoms with van der Waals surface area (Å²) >= 11 is 0. The molecule has 234 valence electrons. The molecule has 0 radical (unpaired) electrons. The van der Waals surface area contributed by atoms with E-state index in [1.165, 1.54) is 7.11 Å². The van der Waals surface area contributed by atoms with Crippen LogP contribution in [0.4, 0.5) is 10.5 Å². The maximum atomic E-state index is 12.2. The number of nitrogens with one attached hydrogen (secondary N) is 1. The molecule has 0 aromatic heterocycles. The Kier molecular flexibility index (Phi) is 9.79. The highest BCUT2D eigenvalue weighted by Gasteiger charge is 2.38. The monoisotopic (exact) mass is 600 g/mol. The van der Waals surface area contributed by atoms with Crippen LogP contribution in [0.2, 0.25) is 0 Å². The summed E-state index contributed by atoms with van der Waals surface area (Å²) in [5.74, 6) is 0.364. The standard InChI is InChI=1S/C36H44N2O6/c1-35(2,3)44-34(40)37-23-26-8-7-10-28(18-26)30-19-27(24-43-32-11-6-5-9-29(32)22-33(39)41-4)20-31(21-30)38-15-12-36(13-16-38)14-17-42-25-36/h5-11,18-21H,12-17,22-25H2,1-4H3,(H,37,40). The SMILES string of the molecule is COC(=O)Cc1ccccc1OCc1cc(-c2cccc(CNC(=O)OC(C)(C)C)c2)cc(N2CCC3(CCOC3)CC2)c1. The predicted octanol–water partition coefficient (Wildman–Crippen LogP) is 6.68. The minimum absolute atomic E-state index is 0.154. The van der Waals surface area contributed by atoms with Gasteiger partial charge in [-0.05, 0) is 98.0 Å². The van der Waals surface area contributed by atoms with E-state index < -0.39 is 11.7 Å². The molecule has 3 aromatic rings. The molecule has 2 aliphatic heterocycles. The van der Waals surface area contributed by atoms with Crippen molar-refractivity contribution in [2.45, 2.75) is 65.2 Å². The van der Waals surface area contributed by atoms with Gasteiger partial charge in [-0.25, -0.2) is 4.79 Å². The lowest BCUT2D eigenvalue weighted by Gasteiger charge is -2.39. The zero-order chi connectivity index (χ0) is 31.2. The Morgan fingerprint density at radius 2 is 1.70 bits per heavy atom. The van der Waals surface area contributed by atoms with Crippen LogP contribution in [0.15, 0.2) is 66.7 Å². The Hall–Kier alpha value is -4.04.